The van der Waals surface area contributed by atoms with E-state index in [-0.39, 0.29) is 24.6 Å². The van der Waals surface area contributed by atoms with Crippen LogP contribution in [0.2, 0.25) is 0 Å². The Bertz CT molecular complexity index is 1190. The van der Waals surface area contributed by atoms with Crippen LogP contribution in [0.15, 0.2) is 54.7 Å². The second-order valence-corrected chi connectivity index (χ2v) is 7.85. The summed E-state index contributed by atoms with van der Waals surface area (Å²) in [6, 6.07) is 14.6. The van der Waals surface area contributed by atoms with Crippen molar-refractivity contribution in [2.45, 2.75) is 18.5 Å². The Morgan fingerprint density at radius 2 is 1.71 bits per heavy atom. The smallest absolute Gasteiger partial charge is 0.407 e. The molecule has 2 aromatic carbocycles. The number of aliphatic hydroxyl groups excluding tert-OH is 1. The van der Waals surface area contributed by atoms with E-state index >= 15 is 0 Å². The van der Waals surface area contributed by atoms with Gasteiger partial charge in [-0.15, -0.1) is 0 Å². The first-order chi connectivity index (χ1) is 16.4. The lowest BCUT2D eigenvalue weighted by Crippen LogP contribution is -2.43. The molecule has 0 fully saturated rings. The number of aliphatic carboxylic acids is 1. The van der Waals surface area contributed by atoms with Crippen LogP contribution in [0, 0.1) is 0 Å². The zero-order valence-electron chi connectivity index (χ0n) is 18.4. The fourth-order valence-electron chi connectivity index (χ4n) is 4.09. The highest BCUT2D eigenvalue weighted by atomic mass is 16.5. The normalized spacial score (nSPS) is 13.0. The molecule has 1 heterocycles. The number of nitrogens with zero attached hydrogens (tertiary/aromatic N) is 2. The van der Waals surface area contributed by atoms with E-state index < -0.39 is 30.6 Å². The van der Waals surface area contributed by atoms with Crippen molar-refractivity contribution in [1.82, 2.24) is 20.4 Å². The molecule has 10 nitrogen and oxygen atoms in total. The van der Waals surface area contributed by atoms with Crippen LogP contribution in [-0.2, 0) is 23.1 Å². The number of aromatic nitrogens is 2. The number of amides is 2. The van der Waals surface area contributed by atoms with Gasteiger partial charge < -0.3 is 25.6 Å². The van der Waals surface area contributed by atoms with Crippen LogP contribution in [0.3, 0.4) is 0 Å². The van der Waals surface area contributed by atoms with Crippen LogP contribution in [0.5, 0.6) is 0 Å². The predicted molar refractivity (Wildman–Crippen MR) is 121 cm³/mol. The quantitative estimate of drug-likeness (QED) is 0.397. The number of hydrogen-bond donors (Lipinski definition) is 4. The number of benzene rings is 2. The van der Waals surface area contributed by atoms with Crippen LogP contribution in [0.25, 0.3) is 11.1 Å². The summed E-state index contributed by atoms with van der Waals surface area (Å²) in [6.45, 7) is -0.670. The molecule has 176 valence electrons. The summed E-state index contributed by atoms with van der Waals surface area (Å²) >= 11 is 0. The second-order valence-electron chi connectivity index (χ2n) is 7.85. The molecule has 0 radical (unpaired) electrons. The molecule has 4 rings (SSSR count). The number of rotatable bonds is 8. The van der Waals surface area contributed by atoms with Crippen molar-refractivity contribution in [1.29, 1.82) is 0 Å². The van der Waals surface area contributed by atoms with E-state index in [0.717, 1.165) is 22.3 Å². The summed E-state index contributed by atoms with van der Waals surface area (Å²) in [7, 11) is 1.59. The third kappa shape index (κ3) is 4.48. The number of aliphatic hydroxyl groups is 1. The molecule has 0 saturated heterocycles. The number of aryl methyl sites for hydroxylation is 1. The van der Waals surface area contributed by atoms with E-state index in [0.29, 0.717) is 5.69 Å². The number of fused-ring (bicyclic) bond motifs is 3. The van der Waals surface area contributed by atoms with Crippen molar-refractivity contribution in [2.75, 3.05) is 13.2 Å². The van der Waals surface area contributed by atoms with Crippen LogP contribution in [-0.4, -0.2) is 57.2 Å². The molecule has 0 bridgehead atoms. The predicted octanol–water partition coefficient (Wildman–Crippen LogP) is 1.63. The molecule has 0 aliphatic heterocycles. The maximum atomic E-state index is 12.5. The molecular weight excluding hydrogens is 440 g/mol. The van der Waals surface area contributed by atoms with Gasteiger partial charge in [0.2, 0.25) is 0 Å². The van der Waals surface area contributed by atoms with Gasteiger partial charge in [-0.1, -0.05) is 48.5 Å². The summed E-state index contributed by atoms with van der Waals surface area (Å²) < 4.78 is 6.90. The molecule has 10 heteroatoms. The first-order valence-electron chi connectivity index (χ1n) is 10.6. The van der Waals surface area contributed by atoms with Crippen LogP contribution in [0.1, 0.15) is 33.1 Å². The standard InChI is InChI=1S/C24H24N4O6/c1-28-21(18(10-26-28)22(30)27-20(12-29)23(31)32)11-25-24(33)34-13-19-16-8-4-2-6-14(16)15-7-3-5-9-17(15)19/h2-10,19-20,29H,11-13H2,1H3,(H,25,33)(H,27,30)(H,31,32)/t20-/m0/s1. The Labute approximate surface area is 195 Å². The number of hydrogen-bond acceptors (Lipinski definition) is 6. The first kappa shape index (κ1) is 23.0. The number of nitrogens with one attached hydrogen (secondary N) is 2. The minimum absolute atomic E-state index is 0.0627. The maximum Gasteiger partial charge on any atom is 0.407 e. The van der Waals surface area contributed by atoms with Crippen molar-refractivity contribution >= 4 is 18.0 Å². The van der Waals surface area contributed by atoms with Gasteiger partial charge in [0.15, 0.2) is 6.04 Å². The maximum absolute atomic E-state index is 12.5. The van der Waals surface area contributed by atoms with Gasteiger partial charge in [-0.05, 0) is 22.3 Å². The fourth-order valence-corrected chi connectivity index (χ4v) is 4.09. The van der Waals surface area contributed by atoms with E-state index in [9.17, 15) is 14.4 Å². The summed E-state index contributed by atoms with van der Waals surface area (Å²) in [6.07, 6.45) is 0.605. The Morgan fingerprint density at radius 1 is 1.09 bits per heavy atom. The van der Waals surface area contributed by atoms with Crippen molar-refractivity contribution in [3.8, 4) is 11.1 Å². The Balaban J connectivity index is 1.39. The van der Waals surface area contributed by atoms with Gasteiger partial charge in [0.1, 0.15) is 6.61 Å². The van der Waals surface area contributed by atoms with E-state index in [4.69, 9.17) is 14.9 Å². The highest BCUT2D eigenvalue weighted by Gasteiger charge is 2.29. The molecule has 2 amide bonds. The lowest BCUT2D eigenvalue weighted by Gasteiger charge is -2.15. The minimum Gasteiger partial charge on any atom is -0.480 e. The fraction of sp³-hybridized carbons (Fsp3) is 0.250. The number of ether oxygens (including phenoxy) is 1. The van der Waals surface area contributed by atoms with Gasteiger partial charge >= 0.3 is 12.1 Å². The zero-order valence-corrected chi connectivity index (χ0v) is 18.4. The summed E-state index contributed by atoms with van der Waals surface area (Å²) in [5.41, 5.74) is 4.88. The highest BCUT2D eigenvalue weighted by molar-refractivity contribution is 5.97. The minimum atomic E-state index is -1.45. The van der Waals surface area contributed by atoms with Gasteiger partial charge in [0, 0.05) is 13.0 Å². The summed E-state index contributed by atoms with van der Waals surface area (Å²) in [4.78, 5) is 36.0. The van der Waals surface area contributed by atoms with Crippen LogP contribution in [0.4, 0.5) is 4.79 Å². The highest BCUT2D eigenvalue weighted by Crippen LogP contribution is 2.44. The third-order valence-corrected chi connectivity index (χ3v) is 5.84. The SMILES string of the molecule is Cn1ncc(C(=O)N[C@@H](CO)C(=O)O)c1CNC(=O)OCC1c2ccccc2-c2ccccc21. The lowest BCUT2D eigenvalue weighted by molar-refractivity contribution is -0.140. The molecule has 1 atom stereocenters. The van der Waals surface area contributed by atoms with Crippen LogP contribution >= 0.6 is 0 Å². The van der Waals surface area contributed by atoms with Crippen molar-refractivity contribution in [3.63, 3.8) is 0 Å². The van der Waals surface area contributed by atoms with E-state index in [1.807, 2.05) is 36.4 Å². The number of carboxylic acid groups (broad SMARTS) is 1. The third-order valence-electron chi connectivity index (χ3n) is 5.84. The van der Waals surface area contributed by atoms with Crippen LogP contribution < -0.4 is 10.6 Å². The Kier molecular flexibility index (Phi) is 6.60. The van der Waals surface area contributed by atoms with E-state index in [2.05, 4.69) is 27.9 Å². The molecule has 34 heavy (non-hydrogen) atoms. The zero-order chi connectivity index (χ0) is 24.2. The molecule has 0 unspecified atom stereocenters. The number of carboxylic acids is 1. The van der Waals surface area contributed by atoms with E-state index in [1.165, 1.54) is 10.9 Å². The van der Waals surface area contributed by atoms with Crippen molar-refractivity contribution < 1.29 is 29.3 Å². The number of carbonyl (C=O) groups is 3. The second kappa shape index (κ2) is 9.75. The molecule has 1 aliphatic carbocycles. The van der Waals surface area contributed by atoms with Gasteiger partial charge in [-0.25, -0.2) is 9.59 Å². The molecular formula is C24H24N4O6. The van der Waals surface area contributed by atoms with E-state index in [1.54, 1.807) is 7.05 Å². The first-order valence-corrected chi connectivity index (χ1v) is 10.6. The number of carbonyl (C=O) groups excluding carboxylic acids is 2. The number of alkyl carbamates (subject to hydrolysis) is 1. The van der Waals surface area contributed by atoms with Crippen molar-refractivity contribution in [2.24, 2.45) is 7.05 Å². The lowest BCUT2D eigenvalue weighted by atomic mass is 9.98. The van der Waals surface area contributed by atoms with Gasteiger partial charge in [0.25, 0.3) is 5.91 Å². The monoisotopic (exact) mass is 464 g/mol. The molecule has 4 N–H and O–H groups in total. The molecule has 0 saturated carbocycles. The summed E-state index contributed by atoms with van der Waals surface area (Å²) in [5.74, 6) is -2.17. The molecule has 1 aromatic heterocycles. The molecule has 1 aliphatic rings. The van der Waals surface area contributed by atoms with Gasteiger partial charge in [-0.3, -0.25) is 9.48 Å². The Morgan fingerprint density at radius 3 is 2.29 bits per heavy atom. The topological polar surface area (TPSA) is 143 Å². The van der Waals surface area contributed by atoms with Gasteiger partial charge in [0.05, 0.1) is 30.6 Å². The Hall–Kier alpha value is -4.18. The molecule has 0 spiro atoms. The largest absolute Gasteiger partial charge is 0.480 e. The summed E-state index contributed by atoms with van der Waals surface area (Å²) in [5, 5.41) is 27.0. The average molecular weight is 464 g/mol. The average Bonchev–Trinajstić information content (AvgIpc) is 3.37. The van der Waals surface area contributed by atoms with Crippen molar-refractivity contribution in [3.05, 3.63) is 77.1 Å². The molecule has 3 aromatic rings. The van der Waals surface area contributed by atoms with Gasteiger partial charge in [-0.2, -0.15) is 5.10 Å².